The zero-order valence-corrected chi connectivity index (χ0v) is 17.3. The predicted octanol–water partition coefficient (Wildman–Crippen LogP) is 3.73. The maximum Gasteiger partial charge on any atom is 0.217 e. The van der Waals surface area contributed by atoms with E-state index >= 15 is 0 Å². The van der Waals surface area contributed by atoms with Crippen LogP contribution in [-0.2, 0) is 11.3 Å². The van der Waals surface area contributed by atoms with Gasteiger partial charge in [-0.15, -0.1) is 0 Å². The maximum absolute atomic E-state index is 11.5. The minimum atomic E-state index is -0.0954. The summed E-state index contributed by atoms with van der Waals surface area (Å²) in [6.45, 7) is 6.53. The lowest BCUT2D eigenvalue weighted by Crippen LogP contribution is -2.52. The molecule has 0 aliphatic carbocycles. The van der Waals surface area contributed by atoms with E-state index in [-0.39, 0.29) is 11.4 Å². The molecule has 2 aromatic carbocycles. The van der Waals surface area contributed by atoms with E-state index in [1.807, 2.05) is 6.20 Å². The fourth-order valence-electron chi connectivity index (χ4n) is 4.17. The van der Waals surface area contributed by atoms with Crippen LogP contribution in [0, 0.1) is 0 Å². The number of rotatable bonds is 5. The van der Waals surface area contributed by atoms with Crippen molar-refractivity contribution in [2.45, 2.75) is 38.8 Å². The van der Waals surface area contributed by atoms with Crippen LogP contribution in [0.15, 0.2) is 42.6 Å². The lowest BCUT2D eigenvalue weighted by molar-refractivity contribution is -0.121. The van der Waals surface area contributed by atoms with Crippen molar-refractivity contribution in [1.29, 1.82) is 0 Å². The number of benzene rings is 2. The second-order valence-corrected chi connectivity index (χ2v) is 8.26. The summed E-state index contributed by atoms with van der Waals surface area (Å²) in [7, 11) is 1.71. The summed E-state index contributed by atoms with van der Waals surface area (Å²) in [5.74, 6) is 0.915. The van der Waals surface area contributed by atoms with Gasteiger partial charge in [0.25, 0.3) is 0 Å². The van der Waals surface area contributed by atoms with Crippen LogP contribution in [-0.4, -0.2) is 46.7 Å². The topological polar surface area (TPSA) is 70.2 Å². The number of carbonyl (C=O) groups excluding carboxylic acids is 1. The smallest absolute Gasteiger partial charge is 0.217 e. The number of hydrogen-bond acceptors (Lipinski definition) is 4. The molecule has 2 heterocycles. The number of nitrogens with zero attached hydrogens (tertiary/aromatic N) is 2. The summed E-state index contributed by atoms with van der Waals surface area (Å²) in [4.78, 5) is 13.9. The van der Waals surface area contributed by atoms with Gasteiger partial charge in [0.05, 0.1) is 18.8 Å². The second-order valence-electron chi connectivity index (χ2n) is 8.26. The van der Waals surface area contributed by atoms with Gasteiger partial charge in [0.2, 0.25) is 5.91 Å². The molecule has 2 N–H and O–H groups in total. The quantitative estimate of drug-likeness (QED) is 0.694. The number of likely N-dealkylation sites (tertiary alicyclic amines) is 1. The third-order valence-electron chi connectivity index (χ3n) is 5.82. The summed E-state index contributed by atoms with van der Waals surface area (Å²) in [5, 5.41) is 11.3. The molecule has 0 atom stereocenters. The van der Waals surface area contributed by atoms with Gasteiger partial charge >= 0.3 is 0 Å². The SMILES string of the molecule is COc1cc(CN2CCC(C)(NC(C)=O)CC2)cc(-c2ccc3[nH]ncc3c2)c1. The number of nitrogens with one attached hydrogen (secondary N) is 2. The molecule has 3 aromatic rings. The van der Waals surface area contributed by atoms with Crippen molar-refractivity contribution >= 4 is 16.8 Å². The van der Waals surface area contributed by atoms with Crippen LogP contribution in [0.1, 0.15) is 32.3 Å². The predicted molar refractivity (Wildman–Crippen MR) is 115 cm³/mol. The van der Waals surface area contributed by atoms with Crippen molar-refractivity contribution in [3.8, 4) is 16.9 Å². The highest BCUT2D eigenvalue weighted by atomic mass is 16.5. The van der Waals surface area contributed by atoms with Crippen molar-refractivity contribution < 1.29 is 9.53 Å². The monoisotopic (exact) mass is 392 g/mol. The third kappa shape index (κ3) is 4.43. The highest BCUT2D eigenvalue weighted by molar-refractivity contribution is 5.84. The number of amides is 1. The normalized spacial score (nSPS) is 16.7. The summed E-state index contributed by atoms with van der Waals surface area (Å²) in [6.07, 6.45) is 3.76. The molecule has 6 heteroatoms. The van der Waals surface area contributed by atoms with E-state index in [4.69, 9.17) is 4.74 Å². The zero-order chi connectivity index (χ0) is 20.4. The van der Waals surface area contributed by atoms with Crippen molar-refractivity contribution in [3.05, 3.63) is 48.2 Å². The summed E-state index contributed by atoms with van der Waals surface area (Å²) >= 11 is 0. The molecule has 4 rings (SSSR count). The van der Waals surface area contributed by atoms with E-state index in [2.05, 4.69) is 63.7 Å². The molecule has 6 nitrogen and oxygen atoms in total. The Morgan fingerprint density at radius 3 is 2.72 bits per heavy atom. The van der Waals surface area contributed by atoms with Crippen molar-refractivity contribution in [1.82, 2.24) is 20.4 Å². The van der Waals surface area contributed by atoms with E-state index in [1.54, 1.807) is 14.0 Å². The Morgan fingerprint density at radius 1 is 1.21 bits per heavy atom. The molecule has 0 bridgehead atoms. The van der Waals surface area contributed by atoms with Gasteiger partial charge in [-0.25, -0.2) is 0 Å². The Morgan fingerprint density at radius 2 is 2.00 bits per heavy atom. The Hall–Kier alpha value is -2.86. The average molecular weight is 393 g/mol. The van der Waals surface area contributed by atoms with Gasteiger partial charge < -0.3 is 10.1 Å². The number of methoxy groups -OCH3 is 1. The molecule has 0 saturated carbocycles. The summed E-state index contributed by atoms with van der Waals surface area (Å²) < 4.78 is 5.57. The minimum Gasteiger partial charge on any atom is -0.497 e. The molecule has 0 radical (unpaired) electrons. The molecule has 0 spiro atoms. The molecule has 1 fully saturated rings. The number of piperidine rings is 1. The van der Waals surface area contributed by atoms with Gasteiger partial charge in [0.1, 0.15) is 5.75 Å². The first kappa shape index (κ1) is 19.5. The molecule has 1 aromatic heterocycles. The van der Waals surface area contributed by atoms with Crippen LogP contribution in [0.25, 0.3) is 22.0 Å². The molecule has 0 unspecified atom stereocenters. The van der Waals surface area contributed by atoms with Crippen LogP contribution < -0.4 is 10.1 Å². The highest BCUT2D eigenvalue weighted by Crippen LogP contribution is 2.30. The number of H-pyrrole nitrogens is 1. The number of fused-ring (bicyclic) bond motifs is 1. The Balaban J connectivity index is 1.52. The van der Waals surface area contributed by atoms with Gasteiger partial charge in [-0.3, -0.25) is 14.8 Å². The molecule has 1 saturated heterocycles. The molecular formula is C23H28N4O2. The largest absolute Gasteiger partial charge is 0.497 e. The van der Waals surface area contributed by atoms with Gasteiger partial charge in [-0.05, 0) is 66.8 Å². The average Bonchev–Trinajstić information content (AvgIpc) is 3.17. The zero-order valence-electron chi connectivity index (χ0n) is 17.3. The number of hydrogen-bond donors (Lipinski definition) is 2. The van der Waals surface area contributed by atoms with Crippen LogP contribution in [0.3, 0.4) is 0 Å². The lowest BCUT2D eigenvalue weighted by atomic mass is 9.89. The van der Waals surface area contributed by atoms with Crippen molar-refractivity contribution in [2.75, 3.05) is 20.2 Å². The number of aromatic amines is 1. The molecule has 29 heavy (non-hydrogen) atoms. The van der Waals surface area contributed by atoms with E-state index in [0.29, 0.717) is 0 Å². The lowest BCUT2D eigenvalue weighted by Gasteiger charge is -2.39. The van der Waals surface area contributed by atoms with E-state index < -0.39 is 0 Å². The van der Waals surface area contributed by atoms with Crippen molar-refractivity contribution in [2.24, 2.45) is 0 Å². The Labute approximate surface area is 171 Å². The van der Waals surface area contributed by atoms with Gasteiger partial charge in [0, 0.05) is 37.5 Å². The Bertz CT molecular complexity index is 1020. The number of ether oxygens (including phenoxy) is 1. The maximum atomic E-state index is 11.5. The molecule has 1 aliphatic heterocycles. The standard InChI is InChI=1S/C23H28N4O2/c1-16(28)25-23(2)6-8-27(9-7-23)15-17-10-19(13-21(11-17)29-3)18-4-5-22-20(12-18)14-24-26-22/h4-5,10-14H,6-9,15H2,1-3H3,(H,24,26)(H,25,28). The van der Waals surface area contributed by atoms with Crippen LogP contribution in [0.2, 0.25) is 0 Å². The minimum absolute atomic E-state index is 0.0491. The van der Waals surface area contributed by atoms with Crippen LogP contribution >= 0.6 is 0 Å². The second kappa shape index (κ2) is 7.87. The summed E-state index contributed by atoms with van der Waals surface area (Å²) in [6, 6.07) is 12.8. The highest BCUT2D eigenvalue weighted by Gasteiger charge is 2.30. The number of aromatic nitrogens is 2. The van der Waals surface area contributed by atoms with E-state index in [0.717, 1.165) is 60.3 Å². The van der Waals surface area contributed by atoms with Gasteiger partial charge in [-0.1, -0.05) is 6.07 Å². The van der Waals surface area contributed by atoms with Crippen LogP contribution in [0.5, 0.6) is 5.75 Å². The first-order valence-electron chi connectivity index (χ1n) is 10.1. The Kier molecular flexibility index (Phi) is 5.28. The molecule has 152 valence electrons. The van der Waals surface area contributed by atoms with Crippen molar-refractivity contribution in [3.63, 3.8) is 0 Å². The van der Waals surface area contributed by atoms with Gasteiger partial charge in [0.15, 0.2) is 0 Å². The van der Waals surface area contributed by atoms with Crippen LogP contribution in [0.4, 0.5) is 0 Å². The van der Waals surface area contributed by atoms with Gasteiger partial charge in [-0.2, -0.15) is 5.10 Å². The first-order chi connectivity index (χ1) is 13.9. The summed E-state index contributed by atoms with van der Waals surface area (Å²) in [5.41, 5.74) is 4.46. The number of carbonyl (C=O) groups is 1. The first-order valence-corrected chi connectivity index (χ1v) is 10.1. The molecule has 1 aliphatic rings. The fourth-order valence-corrected chi connectivity index (χ4v) is 4.17. The molecule has 1 amide bonds. The fraction of sp³-hybridized carbons (Fsp3) is 0.391. The van der Waals surface area contributed by atoms with E-state index in [1.165, 1.54) is 5.56 Å². The van der Waals surface area contributed by atoms with E-state index in [9.17, 15) is 4.79 Å². The third-order valence-corrected chi connectivity index (χ3v) is 5.82. The molecular weight excluding hydrogens is 364 g/mol.